The number of ether oxygens (including phenoxy) is 1. The van der Waals surface area contributed by atoms with Crippen molar-refractivity contribution in [1.29, 1.82) is 0 Å². The Morgan fingerprint density at radius 2 is 1.59 bits per heavy atom. The lowest BCUT2D eigenvalue weighted by atomic mass is 9.61. The maximum absolute atomic E-state index is 14.5. The van der Waals surface area contributed by atoms with Gasteiger partial charge < -0.3 is 4.74 Å². The summed E-state index contributed by atoms with van der Waals surface area (Å²) < 4.78 is 20.0. The molecule has 0 aromatic heterocycles. The van der Waals surface area contributed by atoms with E-state index in [0.29, 0.717) is 0 Å². The fraction of sp³-hybridized carbons (Fsp3) is 0.645. The number of benzene rings is 1. The minimum absolute atomic E-state index is 0.0775. The molecular weight excluding hydrogens is 423 g/mol. The molecule has 3 heteroatoms. The molecule has 0 spiro atoms. The average molecular weight is 467 g/mol. The monoisotopic (exact) mass is 466 g/mol. The summed E-state index contributed by atoms with van der Waals surface area (Å²) in [6, 6.07) is 4.99. The molecule has 186 valence electrons. The first-order valence-electron chi connectivity index (χ1n) is 13.8. The Hall–Kier alpha value is -1.90. The zero-order valence-corrected chi connectivity index (χ0v) is 21.2. The molecule has 0 N–H and O–H groups in total. The van der Waals surface area contributed by atoms with Crippen molar-refractivity contribution in [1.82, 2.24) is 0 Å². The van der Waals surface area contributed by atoms with Crippen LogP contribution in [0.5, 0.6) is 5.75 Å². The van der Waals surface area contributed by atoms with Gasteiger partial charge in [-0.05, 0) is 138 Å². The van der Waals surface area contributed by atoms with Gasteiger partial charge in [0.2, 0.25) is 0 Å². The van der Waals surface area contributed by atoms with Crippen LogP contribution in [0.15, 0.2) is 42.5 Å². The van der Waals surface area contributed by atoms with E-state index in [1.165, 1.54) is 44.6 Å². The van der Waals surface area contributed by atoms with Crippen molar-refractivity contribution in [2.45, 2.75) is 90.9 Å². The largest absolute Gasteiger partial charge is 0.423 e. The third-order valence-corrected chi connectivity index (χ3v) is 8.97. The first-order valence-corrected chi connectivity index (χ1v) is 13.8. The Bertz CT molecular complexity index is 864. The number of hydrogen-bond acceptors (Lipinski definition) is 2. The third kappa shape index (κ3) is 6.40. The van der Waals surface area contributed by atoms with Crippen LogP contribution in [0.25, 0.3) is 0 Å². The second-order valence-electron chi connectivity index (χ2n) is 11.1. The SMILES string of the molecule is C/C=C/CCc1ccc(OC(=O)C2CCC(C3CCC4CC(/C=C/C)CCC4C3)CC2)c(F)c1. The van der Waals surface area contributed by atoms with Crippen LogP contribution in [0, 0.1) is 41.3 Å². The molecule has 3 aliphatic carbocycles. The fourth-order valence-electron chi connectivity index (χ4n) is 7.05. The first kappa shape index (κ1) is 25.2. The number of halogens is 1. The van der Waals surface area contributed by atoms with Crippen molar-refractivity contribution in [3.63, 3.8) is 0 Å². The number of carbonyl (C=O) groups is 1. The number of allylic oxidation sites excluding steroid dienone is 4. The molecule has 0 bridgehead atoms. The van der Waals surface area contributed by atoms with Crippen LogP contribution in [0.4, 0.5) is 4.39 Å². The predicted octanol–water partition coefficient (Wildman–Crippen LogP) is 8.45. The van der Waals surface area contributed by atoms with Crippen LogP contribution in [0.2, 0.25) is 0 Å². The van der Waals surface area contributed by atoms with E-state index in [9.17, 15) is 9.18 Å². The smallest absolute Gasteiger partial charge is 0.314 e. The lowest BCUT2D eigenvalue weighted by Gasteiger charge is -2.45. The van der Waals surface area contributed by atoms with Crippen LogP contribution in [-0.4, -0.2) is 5.97 Å². The molecule has 2 nitrogen and oxygen atoms in total. The lowest BCUT2D eigenvalue weighted by Crippen LogP contribution is -2.35. The number of rotatable bonds is 7. The van der Waals surface area contributed by atoms with Crippen LogP contribution >= 0.6 is 0 Å². The summed E-state index contributed by atoms with van der Waals surface area (Å²) >= 11 is 0. The van der Waals surface area contributed by atoms with Crippen LogP contribution in [0.1, 0.15) is 90.0 Å². The Morgan fingerprint density at radius 3 is 2.29 bits per heavy atom. The van der Waals surface area contributed by atoms with E-state index in [1.54, 1.807) is 6.07 Å². The Balaban J connectivity index is 1.23. The molecule has 3 fully saturated rings. The molecule has 1 aromatic carbocycles. The first-order chi connectivity index (χ1) is 16.6. The Kier molecular flexibility index (Phi) is 9.03. The fourth-order valence-corrected chi connectivity index (χ4v) is 7.05. The molecule has 3 saturated carbocycles. The average Bonchev–Trinajstić information content (AvgIpc) is 2.86. The Labute approximate surface area is 206 Å². The number of fused-ring (bicyclic) bond motifs is 1. The van der Waals surface area contributed by atoms with E-state index in [4.69, 9.17) is 4.74 Å². The van der Waals surface area contributed by atoms with Crippen molar-refractivity contribution < 1.29 is 13.9 Å². The van der Waals surface area contributed by atoms with Gasteiger partial charge in [-0.15, -0.1) is 0 Å². The lowest BCUT2D eigenvalue weighted by molar-refractivity contribution is -0.140. The molecule has 34 heavy (non-hydrogen) atoms. The zero-order valence-electron chi connectivity index (χ0n) is 21.2. The molecule has 0 heterocycles. The van der Waals surface area contributed by atoms with Gasteiger partial charge in [-0.1, -0.05) is 30.4 Å². The van der Waals surface area contributed by atoms with E-state index < -0.39 is 5.82 Å². The number of hydrogen-bond donors (Lipinski definition) is 0. The van der Waals surface area contributed by atoms with Gasteiger partial charge in [0.25, 0.3) is 0 Å². The van der Waals surface area contributed by atoms with Crippen LogP contribution in [0.3, 0.4) is 0 Å². The van der Waals surface area contributed by atoms with Crippen molar-refractivity contribution in [3.05, 3.63) is 53.9 Å². The molecule has 0 amide bonds. The summed E-state index contributed by atoms with van der Waals surface area (Å²) in [5.74, 6) is 3.57. The van der Waals surface area contributed by atoms with Gasteiger partial charge >= 0.3 is 5.97 Å². The minimum atomic E-state index is -0.430. The molecule has 1 aromatic rings. The van der Waals surface area contributed by atoms with Gasteiger partial charge in [-0.25, -0.2) is 4.39 Å². The summed E-state index contributed by atoms with van der Waals surface area (Å²) in [6.07, 6.45) is 22.8. The number of carbonyl (C=O) groups excluding carboxylic acids is 1. The summed E-state index contributed by atoms with van der Waals surface area (Å²) in [4.78, 5) is 12.8. The van der Waals surface area contributed by atoms with Crippen molar-refractivity contribution in [2.75, 3.05) is 0 Å². The summed E-state index contributed by atoms with van der Waals surface area (Å²) in [7, 11) is 0. The molecule has 4 unspecified atom stereocenters. The number of aryl methyl sites for hydroxylation is 1. The highest BCUT2D eigenvalue weighted by Crippen LogP contribution is 2.49. The normalized spacial score (nSPS) is 32.1. The minimum Gasteiger partial charge on any atom is -0.423 e. The molecule has 4 rings (SSSR count). The van der Waals surface area contributed by atoms with Gasteiger partial charge in [0.15, 0.2) is 11.6 Å². The standard InChI is InChI=1S/C31H43FO2/c1-3-5-6-8-23-10-18-30(29(32)20-23)34-31(33)25-14-12-24(13-15-25)27-17-16-26-19-22(7-4-2)9-11-28(26)21-27/h3-5,7,10,18,20,22,24-28H,6,8-9,11-17,19,21H2,1-2H3/b5-3+,7-4+. The maximum atomic E-state index is 14.5. The quantitative estimate of drug-likeness (QED) is 0.229. The van der Waals surface area contributed by atoms with Crippen molar-refractivity contribution >= 4 is 5.97 Å². The molecule has 0 radical (unpaired) electrons. The third-order valence-electron chi connectivity index (χ3n) is 8.97. The second-order valence-corrected chi connectivity index (χ2v) is 11.1. The van der Waals surface area contributed by atoms with Gasteiger partial charge in [-0.3, -0.25) is 4.79 Å². The van der Waals surface area contributed by atoms with Gasteiger partial charge in [0.05, 0.1) is 5.92 Å². The van der Waals surface area contributed by atoms with Crippen LogP contribution in [-0.2, 0) is 11.2 Å². The zero-order chi connectivity index (χ0) is 23.9. The summed E-state index contributed by atoms with van der Waals surface area (Å²) in [5.41, 5.74) is 0.931. The van der Waals surface area contributed by atoms with Gasteiger partial charge in [0.1, 0.15) is 0 Å². The van der Waals surface area contributed by atoms with E-state index in [0.717, 1.165) is 73.7 Å². The molecule has 0 saturated heterocycles. The highest BCUT2D eigenvalue weighted by molar-refractivity contribution is 5.75. The highest BCUT2D eigenvalue weighted by Gasteiger charge is 2.39. The van der Waals surface area contributed by atoms with Crippen molar-refractivity contribution in [2.24, 2.45) is 35.5 Å². The van der Waals surface area contributed by atoms with E-state index in [1.807, 2.05) is 19.1 Å². The summed E-state index contributed by atoms with van der Waals surface area (Å²) in [5, 5.41) is 0. The van der Waals surface area contributed by atoms with Gasteiger partial charge in [0, 0.05) is 0 Å². The molecule has 0 aliphatic heterocycles. The number of esters is 1. The molecule has 4 atom stereocenters. The molecule has 3 aliphatic rings. The molecular formula is C31H43FO2. The van der Waals surface area contributed by atoms with Crippen LogP contribution < -0.4 is 4.74 Å². The topological polar surface area (TPSA) is 26.3 Å². The second kappa shape index (κ2) is 12.2. The highest BCUT2D eigenvalue weighted by atomic mass is 19.1. The van der Waals surface area contributed by atoms with Gasteiger partial charge in [-0.2, -0.15) is 0 Å². The maximum Gasteiger partial charge on any atom is 0.314 e. The Morgan fingerprint density at radius 1 is 0.912 bits per heavy atom. The summed E-state index contributed by atoms with van der Waals surface area (Å²) in [6.45, 7) is 4.13. The van der Waals surface area contributed by atoms with E-state index in [2.05, 4.69) is 25.2 Å². The van der Waals surface area contributed by atoms with Crippen molar-refractivity contribution in [3.8, 4) is 5.75 Å². The van der Waals surface area contributed by atoms with E-state index >= 15 is 0 Å². The predicted molar refractivity (Wildman–Crippen MR) is 137 cm³/mol. The van der Waals surface area contributed by atoms with E-state index in [-0.39, 0.29) is 17.6 Å².